The number of methoxy groups -OCH3 is 1. The summed E-state index contributed by atoms with van der Waals surface area (Å²) >= 11 is 0. The molecule has 1 N–H and O–H groups in total. The highest BCUT2D eigenvalue weighted by Gasteiger charge is 2.19. The van der Waals surface area contributed by atoms with Crippen LogP contribution in [-0.2, 0) is 12.8 Å². The van der Waals surface area contributed by atoms with Crippen LogP contribution in [0.5, 0.6) is 5.75 Å². The van der Waals surface area contributed by atoms with Crippen LogP contribution in [0.1, 0.15) is 11.1 Å². The Morgan fingerprint density at radius 3 is 3.06 bits per heavy atom. The zero-order valence-electron chi connectivity index (χ0n) is 9.49. The van der Waals surface area contributed by atoms with E-state index in [1.165, 1.54) is 11.9 Å². The average Bonchev–Trinajstić information content (AvgIpc) is 2.38. The Kier molecular flexibility index (Phi) is 2.21. The van der Waals surface area contributed by atoms with E-state index in [0.717, 1.165) is 35.4 Å². The molecule has 0 unspecified atom stereocenters. The van der Waals surface area contributed by atoms with Crippen molar-refractivity contribution in [2.45, 2.75) is 12.8 Å². The van der Waals surface area contributed by atoms with Gasteiger partial charge in [0.05, 0.1) is 19.1 Å². The Bertz CT molecular complexity index is 632. The molecule has 4 nitrogen and oxygen atoms in total. The van der Waals surface area contributed by atoms with Crippen molar-refractivity contribution in [2.75, 3.05) is 7.11 Å². The Morgan fingerprint density at radius 1 is 1.35 bits per heavy atom. The van der Waals surface area contributed by atoms with E-state index in [9.17, 15) is 4.79 Å². The summed E-state index contributed by atoms with van der Waals surface area (Å²) in [5.41, 5.74) is 3.78. The van der Waals surface area contributed by atoms with Gasteiger partial charge in [0, 0.05) is 11.1 Å². The third-order valence-electron chi connectivity index (χ3n) is 3.16. The number of nitrogens with zero attached hydrogens (tertiary/aromatic N) is 1. The molecule has 0 bridgehead atoms. The van der Waals surface area contributed by atoms with Gasteiger partial charge in [-0.3, -0.25) is 4.79 Å². The smallest absolute Gasteiger partial charge is 0.254 e. The third-order valence-corrected chi connectivity index (χ3v) is 3.16. The fourth-order valence-corrected chi connectivity index (χ4v) is 2.29. The summed E-state index contributed by atoms with van der Waals surface area (Å²) in [6.45, 7) is 0. The molecule has 0 radical (unpaired) electrons. The summed E-state index contributed by atoms with van der Waals surface area (Å²) in [6.07, 6.45) is 3.05. The van der Waals surface area contributed by atoms with Gasteiger partial charge in [-0.15, -0.1) is 0 Å². The highest BCUT2D eigenvalue weighted by atomic mass is 16.5. The van der Waals surface area contributed by atoms with E-state index in [-0.39, 0.29) is 5.56 Å². The van der Waals surface area contributed by atoms with E-state index in [1.54, 1.807) is 7.11 Å². The predicted molar refractivity (Wildman–Crippen MR) is 64.3 cm³/mol. The lowest BCUT2D eigenvalue weighted by Gasteiger charge is -2.18. The van der Waals surface area contributed by atoms with Crippen molar-refractivity contribution in [3.8, 4) is 17.0 Å². The van der Waals surface area contributed by atoms with Gasteiger partial charge in [0.1, 0.15) is 5.75 Å². The normalized spacial score (nSPS) is 12.8. The highest BCUT2D eigenvalue weighted by molar-refractivity contribution is 5.69. The highest BCUT2D eigenvalue weighted by Crippen LogP contribution is 2.32. The lowest BCUT2D eigenvalue weighted by molar-refractivity contribution is 0.414. The van der Waals surface area contributed by atoms with E-state index in [4.69, 9.17) is 4.74 Å². The van der Waals surface area contributed by atoms with Crippen LogP contribution in [0.3, 0.4) is 0 Å². The van der Waals surface area contributed by atoms with Gasteiger partial charge in [0.2, 0.25) is 0 Å². The van der Waals surface area contributed by atoms with Crippen LogP contribution in [0.2, 0.25) is 0 Å². The Labute approximate surface area is 98.3 Å². The van der Waals surface area contributed by atoms with Gasteiger partial charge < -0.3 is 9.72 Å². The minimum atomic E-state index is -0.0310. The van der Waals surface area contributed by atoms with Crippen LogP contribution >= 0.6 is 0 Å². The molecule has 1 aromatic carbocycles. The standard InChI is InChI=1S/C13H12N2O2/c1-17-9-3-5-10-8(6-9)2-4-11-12(10)14-7-15-13(11)16/h3,5-7H,2,4H2,1H3,(H,14,15,16). The maximum Gasteiger partial charge on any atom is 0.254 e. The fraction of sp³-hybridized carbons (Fsp3) is 0.231. The van der Waals surface area contributed by atoms with Crippen molar-refractivity contribution in [1.29, 1.82) is 0 Å². The maximum absolute atomic E-state index is 11.7. The number of H-pyrrole nitrogens is 1. The van der Waals surface area contributed by atoms with Gasteiger partial charge in [-0.25, -0.2) is 4.98 Å². The molecule has 1 aliphatic carbocycles. The largest absolute Gasteiger partial charge is 0.497 e. The minimum Gasteiger partial charge on any atom is -0.497 e. The van der Waals surface area contributed by atoms with E-state index in [2.05, 4.69) is 9.97 Å². The van der Waals surface area contributed by atoms with Crippen molar-refractivity contribution >= 4 is 0 Å². The quantitative estimate of drug-likeness (QED) is 0.805. The molecule has 0 saturated carbocycles. The summed E-state index contributed by atoms with van der Waals surface area (Å²) in [5.74, 6) is 0.844. The SMILES string of the molecule is COc1ccc2c(c1)CCc1c-2nc[nH]c1=O. The third kappa shape index (κ3) is 1.53. The summed E-state index contributed by atoms with van der Waals surface area (Å²) < 4.78 is 5.20. The first-order chi connectivity index (χ1) is 8.29. The van der Waals surface area contributed by atoms with Crippen LogP contribution < -0.4 is 10.3 Å². The number of rotatable bonds is 1. The number of benzene rings is 1. The second-order valence-electron chi connectivity index (χ2n) is 4.08. The molecule has 0 saturated heterocycles. The first-order valence-corrected chi connectivity index (χ1v) is 5.53. The molecule has 1 aromatic heterocycles. The van der Waals surface area contributed by atoms with Crippen LogP contribution in [-0.4, -0.2) is 17.1 Å². The van der Waals surface area contributed by atoms with Crippen LogP contribution in [0.4, 0.5) is 0 Å². The molecular formula is C13H12N2O2. The van der Waals surface area contributed by atoms with Crippen molar-refractivity contribution in [1.82, 2.24) is 9.97 Å². The van der Waals surface area contributed by atoms with Gasteiger partial charge in [-0.1, -0.05) is 0 Å². The lowest BCUT2D eigenvalue weighted by Crippen LogP contribution is -2.19. The molecule has 17 heavy (non-hydrogen) atoms. The minimum absolute atomic E-state index is 0.0310. The molecule has 0 amide bonds. The number of hydrogen-bond donors (Lipinski definition) is 1. The topological polar surface area (TPSA) is 55.0 Å². The fourth-order valence-electron chi connectivity index (χ4n) is 2.29. The summed E-state index contributed by atoms with van der Waals surface area (Å²) in [7, 11) is 1.65. The average molecular weight is 228 g/mol. The van der Waals surface area contributed by atoms with Crippen molar-refractivity contribution in [3.05, 3.63) is 46.0 Å². The Morgan fingerprint density at radius 2 is 2.24 bits per heavy atom. The molecule has 2 aromatic rings. The van der Waals surface area contributed by atoms with Gasteiger partial charge in [-0.2, -0.15) is 0 Å². The monoisotopic (exact) mass is 228 g/mol. The molecule has 4 heteroatoms. The molecule has 0 atom stereocenters. The molecule has 1 heterocycles. The predicted octanol–water partition coefficient (Wildman–Crippen LogP) is 1.54. The molecular weight excluding hydrogens is 216 g/mol. The second-order valence-corrected chi connectivity index (χ2v) is 4.08. The zero-order valence-corrected chi connectivity index (χ0v) is 9.49. The number of aromatic amines is 1. The number of hydrogen-bond acceptors (Lipinski definition) is 3. The number of nitrogens with one attached hydrogen (secondary N) is 1. The number of fused-ring (bicyclic) bond motifs is 3. The molecule has 0 fully saturated rings. The van der Waals surface area contributed by atoms with Crippen LogP contribution in [0.15, 0.2) is 29.3 Å². The molecule has 3 rings (SSSR count). The number of aryl methyl sites for hydroxylation is 1. The zero-order chi connectivity index (χ0) is 11.8. The van der Waals surface area contributed by atoms with E-state index in [1.807, 2.05) is 18.2 Å². The first kappa shape index (κ1) is 10.1. The van der Waals surface area contributed by atoms with Crippen LogP contribution in [0, 0.1) is 0 Å². The van der Waals surface area contributed by atoms with Crippen molar-refractivity contribution < 1.29 is 4.74 Å². The van der Waals surface area contributed by atoms with Gasteiger partial charge >= 0.3 is 0 Å². The van der Waals surface area contributed by atoms with E-state index in [0.29, 0.717) is 0 Å². The second kappa shape index (κ2) is 3.73. The molecule has 86 valence electrons. The van der Waals surface area contributed by atoms with Gasteiger partial charge in [-0.05, 0) is 36.6 Å². The number of ether oxygens (including phenoxy) is 1. The van der Waals surface area contributed by atoms with E-state index < -0.39 is 0 Å². The van der Waals surface area contributed by atoms with E-state index >= 15 is 0 Å². The van der Waals surface area contributed by atoms with Crippen molar-refractivity contribution in [2.24, 2.45) is 0 Å². The molecule has 0 spiro atoms. The lowest BCUT2D eigenvalue weighted by atomic mass is 9.89. The van der Waals surface area contributed by atoms with Gasteiger partial charge in [0.25, 0.3) is 5.56 Å². The summed E-state index contributed by atoms with van der Waals surface area (Å²) in [6, 6.07) is 5.89. The van der Waals surface area contributed by atoms with Crippen LogP contribution in [0.25, 0.3) is 11.3 Å². The first-order valence-electron chi connectivity index (χ1n) is 5.53. The maximum atomic E-state index is 11.7. The molecule has 0 aliphatic heterocycles. The summed E-state index contributed by atoms with van der Waals surface area (Å²) in [4.78, 5) is 18.6. The number of aromatic nitrogens is 2. The summed E-state index contributed by atoms with van der Waals surface area (Å²) in [5, 5.41) is 0. The van der Waals surface area contributed by atoms with Gasteiger partial charge in [0.15, 0.2) is 0 Å². The Hall–Kier alpha value is -2.10. The van der Waals surface area contributed by atoms with Crippen molar-refractivity contribution in [3.63, 3.8) is 0 Å². The Balaban J connectivity index is 2.24. The molecule has 1 aliphatic rings.